The number of rotatable bonds is 0. The summed E-state index contributed by atoms with van der Waals surface area (Å²) in [5.74, 6) is 0. The van der Waals surface area contributed by atoms with Crippen LogP contribution in [0.4, 0.5) is 16.8 Å². The number of hydrogen-bond acceptors (Lipinski definition) is 4. The zero-order valence-electron chi connectivity index (χ0n) is 4.34. The van der Waals surface area contributed by atoms with Crippen molar-refractivity contribution in [3.8, 4) is 0 Å². The molecule has 0 rings (SSSR count). The van der Waals surface area contributed by atoms with Gasteiger partial charge in [-0.3, -0.25) is 9.13 Å². The smallest absolute Gasteiger partial charge is 0.749 e. The van der Waals surface area contributed by atoms with Gasteiger partial charge in [0.15, 0.2) is 0 Å². The van der Waals surface area contributed by atoms with E-state index in [9.17, 15) is 16.8 Å². The molecule has 11 heavy (non-hydrogen) atoms. The van der Waals surface area contributed by atoms with Crippen LogP contribution in [-0.4, -0.2) is 0 Å². The van der Waals surface area contributed by atoms with E-state index >= 15 is 0 Å². The van der Waals surface area contributed by atoms with E-state index < -0.39 is 16.0 Å². The van der Waals surface area contributed by atoms with Gasteiger partial charge < -0.3 is 9.79 Å². The summed E-state index contributed by atoms with van der Waals surface area (Å²) in [4.78, 5) is 16.7. The fraction of sp³-hybridized carbons (Fsp3) is 0. The van der Waals surface area contributed by atoms with Crippen molar-refractivity contribution in [2.45, 2.75) is 0 Å². The molecule has 0 saturated heterocycles. The first kappa shape index (κ1) is 17.8. The van der Waals surface area contributed by atoms with Crippen LogP contribution >= 0.6 is 16.0 Å². The molecule has 0 amide bonds. The molecule has 0 aliphatic rings. The summed E-state index contributed by atoms with van der Waals surface area (Å²) in [5.41, 5.74) is 0. The predicted octanol–water partition coefficient (Wildman–Crippen LogP) is 0.785. The first-order chi connectivity index (χ1) is 4.00. The molecule has 73 valence electrons. The Balaban J connectivity index is -0.000000107. The van der Waals surface area contributed by atoms with Crippen LogP contribution in [0.3, 0.4) is 0 Å². The van der Waals surface area contributed by atoms with Crippen molar-refractivity contribution in [3.63, 3.8) is 0 Å². The van der Waals surface area contributed by atoms with Gasteiger partial charge in [0.25, 0.3) is 0 Å². The van der Waals surface area contributed by atoms with Crippen molar-refractivity contribution in [2.75, 3.05) is 0 Å². The second-order valence-corrected chi connectivity index (χ2v) is 2.49. The molecule has 0 bridgehead atoms. The zero-order chi connectivity index (χ0) is 9.00. The monoisotopic (exact) mass is 309 g/mol. The van der Waals surface area contributed by atoms with Crippen LogP contribution in [-0.2, 0) is 31.5 Å². The SMILES string of the molecule is O=P([O-])(F)F.O=P([O-])(F)F.[Ag+2]. The van der Waals surface area contributed by atoms with Crippen LogP contribution in [0.5, 0.6) is 0 Å². The standard InChI is InChI=1S/Ag.2F2HO2P/c;2*1-5(2,3)4/h;2*(H,3,4)/q+2;;/p-2. The molecule has 0 spiro atoms. The molecule has 0 atom stereocenters. The summed E-state index contributed by atoms with van der Waals surface area (Å²) in [5, 5.41) is 0. The van der Waals surface area contributed by atoms with E-state index in [-0.39, 0.29) is 22.4 Å². The van der Waals surface area contributed by atoms with Crippen molar-refractivity contribution < 1.29 is 58.1 Å². The van der Waals surface area contributed by atoms with Gasteiger partial charge in [0.2, 0.25) is 0 Å². The van der Waals surface area contributed by atoms with E-state index in [2.05, 4.69) is 0 Å². The van der Waals surface area contributed by atoms with E-state index in [1.54, 1.807) is 0 Å². The fourth-order valence-corrected chi connectivity index (χ4v) is 0. The Hall–Kier alpha value is 0.840. The maximum Gasteiger partial charge on any atom is 2.00 e. The van der Waals surface area contributed by atoms with Gasteiger partial charge in [0.1, 0.15) is 0 Å². The molecule has 0 aromatic carbocycles. The first-order valence-electron chi connectivity index (χ1n) is 1.41. The second kappa shape index (κ2) is 6.37. The van der Waals surface area contributed by atoms with Crippen LogP contribution in [0.2, 0.25) is 0 Å². The van der Waals surface area contributed by atoms with Crippen LogP contribution in [0.15, 0.2) is 0 Å². The van der Waals surface area contributed by atoms with Gasteiger partial charge in [0, 0.05) is 0 Å². The third-order valence-electron chi connectivity index (χ3n) is 0. The molecule has 4 nitrogen and oxygen atoms in total. The van der Waals surface area contributed by atoms with Crippen LogP contribution in [0.25, 0.3) is 0 Å². The Bertz CT molecular complexity index is 132. The minimum absolute atomic E-state index is 0. The van der Waals surface area contributed by atoms with Crippen molar-refractivity contribution in [1.82, 2.24) is 0 Å². The minimum atomic E-state index is -5.89. The Kier molecular flexibility index (Phi) is 10.3. The Labute approximate surface area is 74.5 Å². The van der Waals surface area contributed by atoms with Gasteiger partial charge >= 0.3 is 38.4 Å². The van der Waals surface area contributed by atoms with E-state index in [1.807, 2.05) is 0 Å². The van der Waals surface area contributed by atoms with E-state index in [0.29, 0.717) is 0 Å². The van der Waals surface area contributed by atoms with Gasteiger partial charge in [-0.2, -0.15) is 16.8 Å². The summed E-state index contributed by atoms with van der Waals surface area (Å²) >= 11 is 0. The molecule has 0 N–H and O–H groups in total. The molecule has 0 aromatic heterocycles. The van der Waals surface area contributed by atoms with Gasteiger partial charge in [-0.1, -0.05) is 0 Å². The Morgan fingerprint density at radius 2 is 0.818 bits per heavy atom. The summed E-state index contributed by atoms with van der Waals surface area (Å²) in [6.45, 7) is 0. The number of hydrogen-bond donors (Lipinski definition) is 0. The van der Waals surface area contributed by atoms with Crippen molar-refractivity contribution in [1.29, 1.82) is 0 Å². The first-order valence-corrected chi connectivity index (χ1v) is 4.22. The van der Waals surface area contributed by atoms with E-state index in [4.69, 9.17) is 18.9 Å². The molecular weight excluding hydrogens is 310 g/mol. The average molecular weight is 310 g/mol. The largest absolute Gasteiger partial charge is 2.00 e. The van der Waals surface area contributed by atoms with Gasteiger partial charge in [-0.05, 0) is 0 Å². The Morgan fingerprint density at radius 3 is 0.818 bits per heavy atom. The molecule has 0 saturated carbocycles. The van der Waals surface area contributed by atoms with Gasteiger partial charge in [-0.25, -0.2) is 0 Å². The third-order valence-corrected chi connectivity index (χ3v) is 0. The van der Waals surface area contributed by atoms with Gasteiger partial charge in [0.05, 0.1) is 0 Å². The third kappa shape index (κ3) is 1200. The maximum atomic E-state index is 10.0. The summed E-state index contributed by atoms with van der Waals surface area (Å²) in [6.07, 6.45) is 0. The summed E-state index contributed by atoms with van der Waals surface area (Å²) < 4.78 is 56.7. The fourth-order valence-electron chi connectivity index (χ4n) is 0. The molecule has 0 aliphatic heterocycles. The zero-order valence-corrected chi connectivity index (χ0v) is 7.61. The number of halogens is 4. The summed E-state index contributed by atoms with van der Waals surface area (Å²) in [7, 11) is -11.8. The minimum Gasteiger partial charge on any atom is -0.749 e. The molecule has 0 heterocycles. The van der Waals surface area contributed by atoms with E-state index in [0.717, 1.165) is 0 Å². The van der Waals surface area contributed by atoms with E-state index in [1.165, 1.54) is 0 Å². The molecule has 0 aliphatic carbocycles. The quantitative estimate of drug-likeness (QED) is 0.376. The van der Waals surface area contributed by atoms with Crippen molar-refractivity contribution in [3.05, 3.63) is 0 Å². The maximum absolute atomic E-state index is 10.0. The molecule has 11 heteroatoms. The van der Waals surface area contributed by atoms with Crippen molar-refractivity contribution in [2.24, 2.45) is 0 Å². The molecule has 0 unspecified atom stereocenters. The topological polar surface area (TPSA) is 80.3 Å². The Morgan fingerprint density at radius 1 is 0.818 bits per heavy atom. The molecule has 1 radical (unpaired) electrons. The molecule has 0 aromatic rings. The summed E-state index contributed by atoms with van der Waals surface area (Å²) in [6, 6.07) is 0. The average Bonchev–Trinajstić information content (AvgIpc) is 1.12. The predicted molar refractivity (Wildman–Crippen MR) is 19.6 cm³/mol. The second-order valence-electron chi connectivity index (χ2n) is 0.829. The van der Waals surface area contributed by atoms with Gasteiger partial charge in [-0.15, -0.1) is 0 Å². The normalized spacial score (nSPS) is 10.7. The van der Waals surface area contributed by atoms with Crippen LogP contribution < -0.4 is 9.79 Å². The van der Waals surface area contributed by atoms with Crippen molar-refractivity contribution >= 4 is 16.0 Å². The van der Waals surface area contributed by atoms with Crippen LogP contribution in [0.1, 0.15) is 0 Å². The van der Waals surface area contributed by atoms with Crippen LogP contribution in [0, 0.1) is 0 Å². The molecule has 0 fully saturated rings. The molecular formula is AgF4O4P2.